The molecular weight excluding hydrogens is 420 g/mol. The minimum atomic E-state index is 0.0589. The highest BCUT2D eigenvalue weighted by Crippen LogP contribution is 2.38. The smallest absolute Gasteiger partial charge is 0.254 e. The Kier molecular flexibility index (Phi) is 4.39. The van der Waals surface area contributed by atoms with E-state index < -0.39 is 0 Å². The molecule has 2 aromatic heterocycles. The number of amides is 1. The van der Waals surface area contributed by atoms with Crippen molar-refractivity contribution in [3.05, 3.63) is 76.7 Å². The zero-order chi connectivity index (χ0) is 21.7. The number of hydrogen-bond donors (Lipinski definition) is 1. The maximum absolute atomic E-state index is 12.2. The Hall–Kier alpha value is -3.78. The topological polar surface area (TPSA) is 73.7 Å². The first-order valence-corrected chi connectivity index (χ1v) is 11.3. The number of hydrogen-bond acceptors (Lipinski definition) is 7. The van der Waals surface area contributed by atoms with E-state index in [1.165, 1.54) is 5.56 Å². The van der Waals surface area contributed by atoms with Crippen LogP contribution in [0.5, 0.6) is 0 Å². The summed E-state index contributed by atoms with van der Waals surface area (Å²) in [4.78, 5) is 23.5. The number of carbonyl (C=O) groups excluding carboxylic acids is 1. The van der Waals surface area contributed by atoms with Gasteiger partial charge in [0.2, 0.25) is 5.95 Å². The largest absolute Gasteiger partial charge is 0.337 e. The second kappa shape index (κ2) is 7.42. The molecule has 8 heteroatoms. The number of thiophene rings is 1. The van der Waals surface area contributed by atoms with Gasteiger partial charge in [0, 0.05) is 37.5 Å². The van der Waals surface area contributed by atoms with Crippen molar-refractivity contribution in [2.75, 3.05) is 17.4 Å². The Morgan fingerprint density at radius 1 is 1.09 bits per heavy atom. The lowest BCUT2D eigenvalue weighted by atomic mass is 10.0. The van der Waals surface area contributed by atoms with Gasteiger partial charge in [0.25, 0.3) is 5.91 Å². The summed E-state index contributed by atoms with van der Waals surface area (Å²) in [5, 5.41) is 12.0. The van der Waals surface area contributed by atoms with Gasteiger partial charge in [-0.3, -0.25) is 4.79 Å². The molecule has 0 saturated heterocycles. The van der Waals surface area contributed by atoms with Crippen LogP contribution in [0.25, 0.3) is 10.2 Å². The molecule has 0 aliphatic carbocycles. The fourth-order valence-electron chi connectivity index (χ4n) is 4.30. The summed E-state index contributed by atoms with van der Waals surface area (Å²) in [6, 6.07) is 18.2. The molecule has 7 nitrogen and oxygen atoms in total. The summed E-state index contributed by atoms with van der Waals surface area (Å²) >= 11 is 1.62. The Morgan fingerprint density at radius 2 is 1.97 bits per heavy atom. The lowest BCUT2D eigenvalue weighted by molar-refractivity contribution is 0.0816. The van der Waals surface area contributed by atoms with E-state index in [4.69, 9.17) is 9.97 Å². The van der Waals surface area contributed by atoms with Gasteiger partial charge in [0.05, 0.1) is 16.3 Å². The van der Waals surface area contributed by atoms with Gasteiger partial charge in [0.1, 0.15) is 0 Å². The van der Waals surface area contributed by atoms with Gasteiger partial charge in [-0.25, -0.2) is 9.99 Å². The van der Waals surface area contributed by atoms with Crippen LogP contribution in [0.2, 0.25) is 0 Å². The molecule has 4 heterocycles. The molecule has 1 atom stereocenters. The normalized spacial score (nSPS) is 17.4. The van der Waals surface area contributed by atoms with Crippen LogP contribution in [0.3, 0.4) is 0 Å². The number of fused-ring (bicyclic) bond motifs is 2. The van der Waals surface area contributed by atoms with Crippen LogP contribution in [0, 0.1) is 0 Å². The molecule has 2 aromatic carbocycles. The lowest BCUT2D eigenvalue weighted by Crippen LogP contribution is -2.20. The minimum absolute atomic E-state index is 0.0589. The zero-order valence-electron chi connectivity index (χ0n) is 17.4. The Morgan fingerprint density at radius 3 is 2.84 bits per heavy atom. The molecule has 158 valence electrons. The average Bonchev–Trinajstić information content (AvgIpc) is 3.54. The van der Waals surface area contributed by atoms with Crippen LogP contribution in [-0.2, 0) is 6.54 Å². The molecular formula is C24H20N6OS. The SMILES string of the molecule is CN1Cc2cc(Nc3nc(N4N=CCC4c4ccccc4)c4sccc4n3)ccc2C1=O. The van der Waals surface area contributed by atoms with Gasteiger partial charge in [-0.05, 0) is 40.8 Å². The molecule has 1 amide bonds. The summed E-state index contributed by atoms with van der Waals surface area (Å²) in [7, 11) is 1.81. The van der Waals surface area contributed by atoms with E-state index in [0.717, 1.165) is 39.3 Å². The summed E-state index contributed by atoms with van der Waals surface area (Å²) in [6.45, 7) is 0.612. The number of anilines is 3. The van der Waals surface area contributed by atoms with Gasteiger partial charge in [-0.15, -0.1) is 11.3 Å². The van der Waals surface area contributed by atoms with Crippen molar-refractivity contribution in [1.29, 1.82) is 0 Å². The van der Waals surface area contributed by atoms with E-state index in [2.05, 4.69) is 34.7 Å². The van der Waals surface area contributed by atoms with E-state index in [1.54, 1.807) is 16.2 Å². The molecule has 0 radical (unpaired) electrons. The highest BCUT2D eigenvalue weighted by atomic mass is 32.1. The standard InChI is InChI=1S/C24H20N6OS/c1-29-14-16-13-17(7-8-18(16)23(29)31)26-24-27-19-10-12-32-21(19)22(28-24)30-20(9-11-25-30)15-5-3-2-4-6-15/h2-8,10-13,20H,9,14H2,1H3,(H,26,27,28). The molecule has 0 saturated carbocycles. The number of rotatable bonds is 4. The molecule has 2 aliphatic rings. The molecule has 32 heavy (non-hydrogen) atoms. The zero-order valence-corrected chi connectivity index (χ0v) is 18.2. The quantitative estimate of drug-likeness (QED) is 0.486. The van der Waals surface area contributed by atoms with Crippen LogP contribution >= 0.6 is 11.3 Å². The number of benzene rings is 2. The fourth-order valence-corrected chi connectivity index (χ4v) is 5.11. The van der Waals surface area contributed by atoms with Gasteiger partial charge >= 0.3 is 0 Å². The third-order valence-corrected chi connectivity index (χ3v) is 6.76. The van der Waals surface area contributed by atoms with Crippen LogP contribution in [0.15, 0.2) is 65.1 Å². The van der Waals surface area contributed by atoms with Crippen molar-refractivity contribution in [3.63, 3.8) is 0 Å². The third-order valence-electron chi connectivity index (χ3n) is 5.86. The fraction of sp³-hybridized carbons (Fsp3) is 0.167. The molecule has 1 unspecified atom stereocenters. The maximum atomic E-state index is 12.2. The van der Waals surface area contributed by atoms with E-state index in [-0.39, 0.29) is 11.9 Å². The number of carbonyl (C=O) groups is 1. The number of hydrazone groups is 1. The lowest BCUT2D eigenvalue weighted by Gasteiger charge is -2.24. The molecule has 0 fully saturated rings. The molecule has 1 N–H and O–H groups in total. The van der Waals surface area contributed by atoms with Crippen molar-refractivity contribution in [1.82, 2.24) is 14.9 Å². The average molecular weight is 441 g/mol. The molecule has 0 bridgehead atoms. The maximum Gasteiger partial charge on any atom is 0.254 e. The van der Waals surface area contributed by atoms with Gasteiger partial charge in [-0.1, -0.05) is 30.3 Å². The Balaban J connectivity index is 1.37. The first kappa shape index (κ1) is 18.9. The third kappa shape index (κ3) is 3.11. The minimum Gasteiger partial charge on any atom is -0.337 e. The number of nitrogens with one attached hydrogen (secondary N) is 1. The number of nitrogens with zero attached hydrogens (tertiary/aromatic N) is 5. The summed E-state index contributed by atoms with van der Waals surface area (Å²) in [5.74, 6) is 1.37. The predicted octanol–water partition coefficient (Wildman–Crippen LogP) is 4.96. The second-order valence-electron chi connectivity index (χ2n) is 7.97. The van der Waals surface area contributed by atoms with Crippen LogP contribution < -0.4 is 10.3 Å². The molecule has 0 spiro atoms. The van der Waals surface area contributed by atoms with Crippen LogP contribution in [-0.4, -0.2) is 34.0 Å². The van der Waals surface area contributed by atoms with Crippen molar-refractivity contribution >= 4 is 51.1 Å². The second-order valence-corrected chi connectivity index (χ2v) is 8.88. The van der Waals surface area contributed by atoms with E-state index in [9.17, 15) is 4.79 Å². The Bertz CT molecular complexity index is 1370. The van der Waals surface area contributed by atoms with Crippen molar-refractivity contribution in [2.24, 2.45) is 5.10 Å². The monoisotopic (exact) mass is 440 g/mol. The van der Waals surface area contributed by atoms with E-state index >= 15 is 0 Å². The van der Waals surface area contributed by atoms with E-state index in [1.807, 2.05) is 54.0 Å². The molecule has 2 aliphatic heterocycles. The van der Waals surface area contributed by atoms with Crippen molar-refractivity contribution in [3.8, 4) is 0 Å². The molecule has 4 aromatic rings. The summed E-state index contributed by atoms with van der Waals surface area (Å²) in [5.41, 5.74) is 4.71. The summed E-state index contributed by atoms with van der Waals surface area (Å²) < 4.78 is 1.01. The van der Waals surface area contributed by atoms with Gasteiger partial charge < -0.3 is 10.2 Å². The van der Waals surface area contributed by atoms with Crippen LogP contribution in [0.1, 0.15) is 33.9 Å². The van der Waals surface area contributed by atoms with Crippen molar-refractivity contribution < 1.29 is 4.79 Å². The van der Waals surface area contributed by atoms with Crippen LogP contribution in [0.4, 0.5) is 17.5 Å². The van der Waals surface area contributed by atoms with Gasteiger partial charge in [-0.2, -0.15) is 10.1 Å². The highest BCUT2D eigenvalue weighted by molar-refractivity contribution is 7.17. The predicted molar refractivity (Wildman–Crippen MR) is 128 cm³/mol. The van der Waals surface area contributed by atoms with Gasteiger partial charge in [0.15, 0.2) is 5.82 Å². The Labute approximate surface area is 189 Å². The van der Waals surface area contributed by atoms with Crippen molar-refractivity contribution in [2.45, 2.75) is 19.0 Å². The van der Waals surface area contributed by atoms with E-state index in [0.29, 0.717) is 12.5 Å². The number of aromatic nitrogens is 2. The highest BCUT2D eigenvalue weighted by Gasteiger charge is 2.28. The first-order valence-electron chi connectivity index (χ1n) is 10.4. The molecule has 6 rings (SSSR count). The first-order chi connectivity index (χ1) is 15.7. The summed E-state index contributed by atoms with van der Waals surface area (Å²) in [6.07, 6.45) is 2.77.